The number of rotatable bonds is 6. The molecule has 4 aliphatic carbocycles. The molecule has 0 radical (unpaired) electrons. The first-order valence-electron chi connectivity index (χ1n) is 23.2. The van der Waals surface area contributed by atoms with Crippen molar-refractivity contribution in [1.82, 2.24) is 0 Å². The Balaban J connectivity index is 0.000000153. The van der Waals surface area contributed by atoms with E-state index in [4.69, 9.17) is 19.4 Å². The Labute approximate surface area is 386 Å². The zero-order chi connectivity index (χ0) is 42.2. The second-order valence-electron chi connectivity index (χ2n) is 18.5. The number of aryl methyl sites for hydroxylation is 6. The van der Waals surface area contributed by atoms with Crippen LogP contribution in [0, 0.1) is 48.2 Å². The third-order valence-electron chi connectivity index (χ3n) is 13.9. The SMILES string of the molecule is C.C1CCC([PH+](C2CCCCC2)C2CCCCC2)CC1.Cc1cc(C)c(N2[CH-]N(c3c(C)cc(C)cc3C)CC2)c(C)c1.[Cl][Ru]([Cl])=[C]1C=C(c2ccccc2)c2ccccc21. The van der Waals surface area contributed by atoms with Crippen LogP contribution in [-0.2, 0) is 13.5 Å². The standard InChI is InChI=1S/C21H27N2.C18H33P.C15H10.CH4.2ClH.Ru/c1-14-9-16(3)20(17(4)10-14)22-7-8-23(13-22)21-18(5)11-15(2)12-19(21)6;1-4-10-16(11-5-1)19(17-12-6-2-7-13-17)18-14-8-3-9-15-18;1-2-6-12(7-3-1)15-11-10-13-8-4-5-9-14(13)15;;;;/h9-13H,7-8H2,1-6H3;16-18H,1-15H2;1-9,11H;1H4;2*1H;/q-1;;;;;;+2/p-1. The molecular formula is C55H75Cl2N2PRu. The Morgan fingerprint density at radius 3 is 1.30 bits per heavy atom. The molecule has 4 aromatic carbocycles. The number of hydrogen-bond donors (Lipinski definition) is 0. The summed E-state index contributed by atoms with van der Waals surface area (Å²) in [5.74, 6) is 0. The summed E-state index contributed by atoms with van der Waals surface area (Å²) in [5.41, 5.74) is 19.4. The molecule has 4 aromatic rings. The van der Waals surface area contributed by atoms with Gasteiger partial charge in [-0.25, -0.2) is 0 Å². The number of fused-ring (bicyclic) bond motifs is 1. The average molecular weight is 967 g/mol. The Morgan fingerprint density at radius 1 is 0.525 bits per heavy atom. The first-order valence-corrected chi connectivity index (χ1v) is 30.3. The number of allylic oxidation sites excluding steroid dienone is 1. The molecule has 5 aliphatic rings. The fourth-order valence-electron chi connectivity index (χ4n) is 11.6. The van der Waals surface area contributed by atoms with Crippen LogP contribution in [0.2, 0.25) is 0 Å². The van der Waals surface area contributed by atoms with E-state index in [2.05, 4.69) is 119 Å². The van der Waals surface area contributed by atoms with E-state index in [1.54, 1.807) is 96.3 Å². The van der Waals surface area contributed by atoms with E-state index in [9.17, 15) is 0 Å². The Morgan fingerprint density at radius 2 is 0.902 bits per heavy atom. The van der Waals surface area contributed by atoms with E-state index in [0.717, 1.165) is 17.2 Å². The summed E-state index contributed by atoms with van der Waals surface area (Å²) < 4.78 is 1.12. The molecule has 61 heavy (non-hydrogen) atoms. The van der Waals surface area contributed by atoms with Gasteiger partial charge in [-0.1, -0.05) is 62.1 Å². The molecule has 0 unspecified atom stereocenters. The second-order valence-corrected chi connectivity index (χ2v) is 27.8. The zero-order valence-corrected chi connectivity index (χ0v) is 41.7. The number of nitrogens with zero attached hydrogens (tertiary/aromatic N) is 2. The molecule has 0 aromatic heterocycles. The van der Waals surface area contributed by atoms with E-state index in [-0.39, 0.29) is 15.3 Å². The van der Waals surface area contributed by atoms with Gasteiger partial charge in [0.25, 0.3) is 0 Å². The summed E-state index contributed by atoms with van der Waals surface area (Å²) in [4.78, 5) is 4.81. The van der Waals surface area contributed by atoms with Gasteiger partial charge in [0.15, 0.2) is 0 Å². The topological polar surface area (TPSA) is 6.48 Å². The van der Waals surface area contributed by atoms with Gasteiger partial charge in [-0.15, -0.1) is 0 Å². The first kappa shape index (κ1) is 48.2. The summed E-state index contributed by atoms with van der Waals surface area (Å²) in [7, 11) is 12.3. The number of halogens is 2. The summed E-state index contributed by atoms with van der Waals surface area (Å²) in [6, 6.07) is 27.8. The number of anilines is 2. The van der Waals surface area contributed by atoms with Gasteiger partial charge in [-0.2, -0.15) is 6.67 Å². The van der Waals surface area contributed by atoms with Crippen molar-refractivity contribution in [2.75, 3.05) is 22.9 Å². The molecule has 9 rings (SSSR count). The molecule has 1 heterocycles. The molecule has 0 atom stereocenters. The third-order valence-corrected chi connectivity index (χ3v) is 21.6. The van der Waals surface area contributed by atoms with Crippen LogP contribution in [0.4, 0.5) is 11.4 Å². The summed E-state index contributed by atoms with van der Waals surface area (Å²) >= 11 is -1.88. The van der Waals surface area contributed by atoms with Crippen LogP contribution in [0.3, 0.4) is 0 Å². The van der Waals surface area contributed by atoms with Crippen molar-refractivity contribution < 1.29 is 13.5 Å². The van der Waals surface area contributed by atoms with Crippen LogP contribution in [0.1, 0.15) is 154 Å². The molecular weight excluding hydrogens is 892 g/mol. The van der Waals surface area contributed by atoms with Crippen molar-refractivity contribution in [3.8, 4) is 0 Å². The van der Waals surface area contributed by atoms with E-state index in [0.29, 0.717) is 0 Å². The fourth-order valence-corrected chi connectivity index (χ4v) is 19.3. The van der Waals surface area contributed by atoms with Crippen LogP contribution in [0.15, 0.2) is 84.9 Å². The first-order chi connectivity index (χ1) is 29.1. The van der Waals surface area contributed by atoms with Gasteiger partial charge >= 0.3 is 120 Å². The van der Waals surface area contributed by atoms with Crippen LogP contribution in [0.5, 0.6) is 0 Å². The van der Waals surface area contributed by atoms with Crippen molar-refractivity contribution in [3.05, 3.63) is 142 Å². The molecule has 1 aliphatic heterocycles. The number of hydrogen-bond acceptors (Lipinski definition) is 2. The van der Waals surface area contributed by atoms with Gasteiger partial charge < -0.3 is 9.80 Å². The predicted octanol–water partition coefficient (Wildman–Crippen LogP) is 16.4. The van der Waals surface area contributed by atoms with Crippen molar-refractivity contribution in [2.45, 2.75) is 162 Å². The van der Waals surface area contributed by atoms with Crippen molar-refractivity contribution in [1.29, 1.82) is 0 Å². The van der Waals surface area contributed by atoms with Crippen molar-refractivity contribution in [3.63, 3.8) is 0 Å². The maximum absolute atomic E-state index is 6.19. The molecule has 3 saturated carbocycles. The molecule has 4 fully saturated rings. The van der Waals surface area contributed by atoms with Crippen LogP contribution in [0.25, 0.3) is 5.57 Å². The molecule has 0 bridgehead atoms. The second kappa shape index (κ2) is 23.1. The molecule has 1 saturated heterocycles. The van der Waals surface area contributed by atoms with Crippen LogP contribution >= 0.6 is 27.3 Å². The third kappa shape index (κ3) is 12.1. The van der Waals surface area contributed by atoms with Crippen LogP contribution in [-0.4, -0.2) is 34.2 Å². The maximum atomic E-state index is 6.19. The summed E-state index contributed by atoms with van der Waals surface area (Å²) in [6.45, 7) is 17.6. The monoisotopic (exact) mass is 966 g/mol. The van der Waals surface area contributed by atoms with Gasteiger partial charge in [0.1, 0.15) is 0 Å². The van der Waals surface area contributed by atoms with Gasteiger partial charge in [0, 0.05) is 32.4 Å². The summed E-state index contributed by atoms with van der Waals surface area (Å²) in [5, 5.41) is 0. The van der Waals surface area contributed by atoms with E-state index < -0.39 is 13.5 Å². The Hall–Kier alpha value is -2.28. The van der Waals surface area contributed by atoms with Gasteiger partial charge in [-0.3, -0.25) is 0 Å². The predicted molar refractivity (Wildman–Crippen MR) is 272 cm³/mol. The molecule has 0 N–H and O–H groups in total. The van der Waals surface area contributed by atoms with E-state index in [1.165, 1.54) is 84.0 Å². The molecule has 332 valence electrons. The minimum atomic E-state index is -1.88. The molecule has 0 spiro atoms. The summed E-state index contributed by atoms with van der Waals surface area (Å²) in [6.07, 6.45) is 25.9. The quantitative estimate of drug-likeness (QED) is 0.108. The van der Waals surface area contributed by atoms with Crippen molar-refractivity contribution in [2.24, 2.45) is 0 Å². The van der Waals surface area contributed by atoms with E-state index in [1.807, 2.05) is 24.3 Å². The average Bonchev–Trinajstić information content (AvgIpc) is 3.88. The normalized spacial score (nSPS) is 18.7. The Kier molecular flexibility index (Phi) is 18.2. The fraction of sp³-hybridized carbons (Fsp3) is 0.491. The van der Waals surface area contributed by atoms with Crippen molar-refractivity contribution >= 4 is 48.4 Å². The molecule has 2 nitrogen and oxygen atoms in total. The van der Waals surface area contributed by atoms with Gasteiger partial charge in [0.05, 0.1) is 17.0 Å². The van der Waals surface area contributed by atoms with E-state index >= 15 is 0 Å². The molecule has 6 heteroatoms. The number of benzene rings is 4. The van der Waals surface area contributed by atoms with Gasteiger partial charge in [0.2, 0.25) is 0 Å². The minimum absolute atomic E-state index is 0. The van der Waals surface area contributed by atoms with Gasteiger partial charge in [-0.05, 0) is 141 Å². The zero-order valence-electron chi connectivity index (χ0n) is 37.4. The molecule has 0 amide bonds. The van der Waals surface area contributed by atoms with Crippen LogP contribution < -0.4 is 9.80 Å². The Bertz CT molecular complexity index is 1950.